The van der Waals surface area contributed by atoms with Crippen LogP contribution in [0.1, 0.15) is 12.5 Å². The van der Waals surface area contributed by atoms with Crippen LogP contribution >= 0.6 is 23.2 Å². The van der Waals surface area contributed by atoms with E-state index in [1.807, 2.05) is 19.1 Å². The van der Waals surface area contributed by atoms with E-state index in [9.17, 15) is 8.42 Å². The zero-order chi connectivity index (χ0) is 15.6. The molecule has 0 aliphatic heterocycles. The third kappa shape index (κ3) is 3.61. The molecule has 0 aliphatic rings. The van der Waals surface area contributed by atoms with Gasteiger partial charge in [0.25, 0.3) is 10.0 Å². The van der Waals surface area contributed by atoms with Crippen LogP contribution in [0.4, 0.5) is 11.4 Å². The number of anilines is 2. The number of hydrogen-bond acceptors (Lipinski definition) is 3. The summed E-state index contributed by atoms with van der Waals surface area (Å²) in [6, 6.07) is 9.78. The highest BCUT2D eigenvalue weighted by Gasteiger charge is 2.22. The highest BCUT2D eigenvalue weighted by molar-refractivity contribution is 7.93. The van der Waals surface area contributed by atoms with E-state index < -0.39 is 10.0 Å². The van der Waals surface area contributed by atoms with E-state index >= 15 is 0 Å². The fourth-order valence-corrected chi connectivity index (χ4v) is 3.93. The van der Waals surface area contributed by atoms with Crippen molar-refractivity contribution in [2.24, 2.45) is 0 Å². The quantitative estimate of drug-likeness (QED) is 0.825. The molecule has 0 aliphatic carbocycles. The largest absolute Gasteiger partial charge is 0.398 e. The Balaban J connectivity index is 2.38. The van der Waals surface area contributed by atoms with Crippen LogP contribution in [0.3, 0.4) is 0 Å². The predicted molar refractivity (Wildman–Crippen MR) is 87.5 cm³/mol. The lowest BCUT2D eigenvalue weighted by atomic mass is 10.2. The van der Waals surface area contributed by atoms with Gasteiger partial charge in [-0.25, -0.2) is 8.42 Å². The molecule has 3 N–H and O–H groups in total. The van der Waals surface area contributed by atoms with Crippen LogP contribution in [0.2, 0.25) is 10.0 Å². The van der Waals surface area contributed by atoms with Gasteiger partial charge in [-0.05, 0) is 36.2 Å². The molecule has 2 aromatic rings. The summed E-state index contributed by atoms with van der Waals surface area (Å²) in [7, 11) is -3.88. The summed E-state index contributed by atoms with van der Waals surface area (Å²) in [4.78, 5) is -0.173. The number of halogens is 2. The Morgan fingerprint density at radius 1 is 1.14 bits per heavy atom. The molecule has 2 aromatic carbocycles. The molecule has 0 heterocycles. The number of benzene rings is 2. The standard InChI is InChI=1S/C14H14Cl2N2O2S/c1-2-9-3-5-11(6-4-9)18-21(19,20)14-12(16)7-10(15)8-13(14)17/h3-8,18H,2,17H2,1H3. The Morgan fingerprint density at radius 3 is 2.29 bits per heavy atom. The first kappa shape index (κ1) is 15.9. The molecular formula is C14H14Cl2N2O2S. The number of rotatable bonds is 4. The van der Waals surface area contributed by atoms with Crippen LogP contribution in [-0.2, 0) is 16.4 Å². The van der Waals surface area contributed by atoms with E-state index in [2.05, 4.69) is 4.72 Å². The van der Waals surface area contributed by atoms with E-state index in [0.29, 0.717) is 5.69 Å². The summed E-state index contributed by atoms with van der Waals surface area (Å²) in [5.41, 5.74) is 7.28. The molecular weight excluding hydrogens is 331 g/mol. The molecule has 0 atom stereocenters. The lowest BCUT2D eigenvalue weighted by molar-refractivity contribution is 0.601. The summed E-state index contributed by atoms with van der Waals surface area (Å²) >= 11 is 11.7. The maximum Gasteiger partial charge on any atom is 0.265 e. The highest BCUT2D eigenvalue weighted by Crippen LogP contribution is 2.32. The number of aryl methyl sites for hydroxylation is 1. The molecule has 4 nitrogen and oxygen atoms in total. The summed E-state index contributed by atoms with van der Waals surface area (Å²) in [5, 5.41) is 0.265. The summed E-state index contributed by atoms with van der Waals surface area (Å²) in [5.74, 6) is 0. The number of hydrogen-bond donors (Lipinski definition) is 2. The Kier molecular flexibility index (Phi) is 4.66. The van der Waals surface area contributed by atoms with Gasteiger partial charge in [0.15, 0.2) is 0 Å². The van der Waals surface area contributed by atoms with Gasteiger partial charge in [-0.3, -0.25) is 4.72 Å². The first-order valence-electron chi connectivity index (χ1n) is 6.19. The Morgan fingerprint density at radius 2 is 1.76 bits per heavy atom. The van der Waals surface area contributed by atoms with E-state index in [1.54, 1.807) is 12.1 Å². The van der Waals surface area contributed by atoms with Crippen LogP contribution < -0.4 is 10.5 Å². The molecule has 0 saturated heterocycles. The monoisotopic (exact) mass is 344 g/mol. The maximum atomic E-state index is 12.4. The second-order valence-electron chi connectivity index (χ2n) is 4.46. The lowest BCUT2D eigenvalue weighted by Crippen LogP contribution is -2.15. The van der Waals surface area contributed by atoms with Gasteiger partial charge in [0.1, 0.15) is 4.90 Å². The third-order valence-corrected chi connectivity index (χ3v) is 5.05. The van der Waals surface area contributed by atoms with Crippen molar-refractivity contribution in [3.05, 3.63) is 52.0 Å². The van der Waals surface area contributed by atoms with Gasteiger partial charge >= 0.3 is 0 Å². The normalized spacial score (nSPS) is 11.4. The molecule has 0 fully saturated rings. The minimum atomic E-state index is -3.88. The van der Waals surface area contributed by atoms with Gasteiger partial charge in [-0.1, -0.05) is 42.3 Å². The van der Waals surface area contributed by atoms with Crippen LogP contribution in [0.5, 0.6) is 0 Å². The second-order valence-corrected chi connectivity index (χ2v) is 6.92. The van der Waals surface area contributed by atoms with Gasteiger partial charge in [-0.2, -0.15) is 0 Å². The van der Waals surface area contributed by atoms with Crippen LogP contribution in [0.25, 0.3) is 0 Å². The minimum Gasteiger partial charge on any atom is -0.398 e. The van der Waals surface area contributed by atoms with E-state index in [4.69, 9.17) is 28.9 Å². The van der Waals surface area contributed by atoms with Crippen molar-refractivity contribution in [2.45, 2.75) is 18.2 Å². The molecule has 0 saturated carbocycles. The average Bonchev–Trinajstić information content (AvgIpc) is 2.37. The minimum absolute atomic E-state index is 0.00479. The van der Waals surface area contributed by atoms with Crippen molar-refractivity contribution >= 4 is 44.6 Å². The number of nitrogen functional groups attached to an aromatic ring is 1. The average molecular weight is 345 g/mol. The second kappa shape index (κ2) is 6.13. The fourth-order valence-electron chi connectivity index (χ4n) is 1.88. The lowest BCUT2D eigenvalue weighted by Gasteiger charge is -2.12. The molecule has 0 amide bonds. The third-order valence-electron chi connectivity index (χ3n) is 2.92. The molecule has 0 bridgehead atoms. The van der Waals surface area contributed by atoms with Crippen LogP contribution in [0, 0.1) is 0 Å². The van der Waals surface area contributed by atoms with E-state index in [0.717, 1.165) is 12.0 Å². The SMILES string of the molecule is CCc1ccc(NS(=O)(=O)c2c(N)cc(Cl)cc2Cl)cc1. The van der Waals surface area contributed by atoms with Crippen molar-refractivity contribution in [1.29, 1.82) is 0 Å². The van der Waals surface area contributed by atoms with Gasteiger partial charge < -0.3 is 5.73 Å². The van der Waals surface area contributed by atoms with Crippen LogP contribution in [-0.4, -0.2) is 8.42 Å². The summed E-state index contributed by atoms with van der Waals surface area (Å²) in [6.45, 7) is 2.02. The molecule has 112 valence electrons. The Hall–Kier alpha value is -1.43. The van der Waals surface area contributed by atoms with Crippen LogP contribution in [0.15, 0.2) is 41.3 Å². The molecule has 0 aromatic heterocycles. The molecule has 0 radical (unpaired) electrons. The molecule has 0 spiro atoms. The predicted octanol–water partition coefficient (Wildman–Crippen LogP) is 3.94. The molecule has 7 heteroatoms. The zero-order valence-corrected chi connectivity index (χ0v) is 13.6. The molecule has 0 unspecified atom stereocenters. The van der Waals surface area contributed by atoms with Gasteiger partial charge in [0, 0.05) is 10.7 Å². The van der Waals surface area contributed by atoms with Crippen molar-refractivity contribution in [2.75, 3.05) is 10.5 Å². The number of sulfonamides is 1. The number of nitrogens with two attached hydrogens (primary N) is 1. The smallest absolute Gasteiger partial charge is 0.265 e. The van der Waals surface area contributed by atoms with Gasteiger partial charge in [0.2, 0.25) is 0 Å². The fraction of sp³-hybridized carbons (Fsp3) is 0.143. The van der Waals surface area contributed by atoms with E-state index in [1.165, 1.54) is 12.1 Å². The van der Waals surface area contributed by atoms with Crippen molar-refractivity contribution in [1.82, 2.24) is 0 Å². The first-order valence-corrected chi connectivity index (χ1v) is 8.43. The number of nitrogens with one attached hydrogen (secondary N) is 1. The van der Waals surface area contributed by atoms with Crippen molar-refractivity contribution in [3.8, 4) is 0 Å². The maximum absolute atomic E-state index is 12.4. The van der Waals surface area contributed by atoms with E-state index in [-0.39, 0.29) is 20.6 Å². The summed E-state index contributed by atoms with van der Waals surface area (Å²) in [6.07, 6.45) is 0.878. The highest BCUT2D eigenvalue weighted by atomic mass is 35.5. The van der Waals surface area contributed by atoms with Crippen molar-refractivity contribution < 1.29 is 8.42 Å². The van der Waals surface area contributed by atoms with Gasteiger partial charge in [-0.15, -0.1) is 0 Å². The molecule has 2 rings (SSSR count). The summed E-state index contributed by atoms with van der Waals surface area (Å²) < 4.78 is 27.2. The first-order chi connectivity index (χ1) is 9.83. The van der Waals surface area contributed by atoms with Crippen molar-refractivity contribution in [3.63, 3.8) is 0 Å². The van der Waals surface area contributed by atoms with Gasteiger partial charge in [0.05, 0.1) is 10.7 Å². The Bertz CT molecular complexity index is 736. The topological polar surface area (TPSA) is 72.2 Å². The molecule has 21 heavy (non-hydrogen) atoms. The zero-order valence-electron chi connectivity index (χ0n) is 11.2. The Labute approximate surface area is 133 Å².